The minimum atomic E-state index is -1.18. The van der Waals surface area contributed by atoms with Crippen molar-refractivity contribution in [2.75, 3.05) is 27.7 Å². The van der Waals surface area contributed by atoms with Crippen LogP contribution in [0.5, 0.6) is 0 Å². The first-order valence-electron chi connectivity index (χ1n) is 12.4. The lowest BCUT2D eigenvalue weighted by Crippen LogP contribution is -2.45. The number of rotatable bonds is 20. The van der Waals surface area contributed by atoms with Gasteiger partial charge in [-0.15, -0.1) is 0 Å². The third kappa shape index (κ3) is 22.8. The van der Waals surface area contributed by atoms with Crippen molar-refractivity contribution in [3.05, 3.63) is 36.5 Å². The number of aliphatic carboxylic acids is 1. The van der Waals surface area contributed by atoms with E-state index in [4.69, 9.17) is 4.74 Å². The van der Waals surface area contributed by atoms with Crippen LogP contribution in [0.4, 0.5) is 0 Å². The number of carboxylic acids is 1. The van der Waals surface area contributed by atoms with Crippen molar-refractivity contribution in [2.24, 2.45) is 0 Å². The molecule has 0 saturated heterocycles. The minimum absolute atomic E-state index is 0.246. The molecule has 0 aliphatic carbocycles. The van der Waals surface area contributed by atoms with Crippen LogP contribution in [0, 0.1) is 0 Å². The average Bonchev–Trinajstić information content (AvgIpc) is 2.68. The second-order valence-electron chi connectivity index (χ2n) is 9.47. The zero-order valence-electron chi connectivity index (χ0n) is 21.0. The quantitative estimate of drug-likeness (QED) is 0.112. The lowest BCUT2D eigenvalue weighted by Gasteiger charge is -2.29. The van der Waals surface area contributed by atoms with Gasteiger partial charge in [-0.1, -0.05) is 75.5 Å². The van der Waals surface area contributed by atoms with E-state index in [1.165, 1.54) is 25.7 Å². The smallest absolute Gasteiger partial charge is 0.306 e. The maximum absolute atomic E-state index is 12.0. The number of esters is 1. The van der Waals surface area contributed by atoms with Crippen molar-refractivity contribution in [3.63, 3.8) is 0 Å². The Labute approximate surface area is 196 Å². The third-order valence-corrected chi connectivity index (χ3v) is 4.98. The van der Waals surface area contributed by atoms with E-state index in [1.807, 2.05) is 21.1 Å². The van der Waals surface area contributed by atoms with Crippen molar-refractivity contribution in [3.8, 4) is 0 Å². The van der Waals surface area contributed by atoms with E-state index in [9.17, 15) is 14.7 Å². The van der Waals surface area contributed by atoms with Crippen LogP contribution >= 0.6 is 0 Å². The van der Waals surface area contributed by atoms with Crippen LogP contribution in [0.15, 0.2) is 36.5 Å². The topological polar surface area (TPSA) is 66.4 Å². The number of unbranched alkanes of at least 4 members (excludes halogenated alkanes) is 7. The molecule has 5 heteroatoms. The zero-order chi connectivity index (χ0) is 24.1. The first-order chi connectivity index (χ1) is 15.2. The highest BCUT2D eigenvalue weighted by Crippen LogP contribution is 2.12. The number of carbonyl (C=O) groups is 2. The number of hydrogen-bond donors (Lipinski definition) is 0. The second-order valence-corrected chi connectivity index (χ2v) is 9.47. The minimum Gasteiger partial charge on any atom is -0.550 e. The maximum Gasteiger partial charge on any atom is 0.306 e. The van der Waals surface area contributed by atoms with Gasteiger partial charge >= 0.3 is 5.97 Å². The van der Waals surface area contributed by atoms with E-state index >= 15 is 0 Å². The van der Waals surface area contributed by atoms with Gasteiger partial charge in [0, 0.05) is 18.8 Å². The van der Waals surface area contributed by atoms with Crippen molar-refractivity contribution < 1.29 is 23.9 Å². The molecule has 184 valence electrons. The molecule has 0 aliphatic heterocycles. The summed E-state index contributed by atoms with van der Waals surface area (Å²) in [5.74, 6) is -1.48. The fourth-order valence-electron chi connectivity index (χ4n) is 3.43. The highest BCUT2D eigenvalue weighted by molar-refractivity contribution is 5.70. The highest BCUT2D eigenvalue weighted by atomic mass is 16.5. The summed E-state index contributed by atoms with van der Waals surface area (Å²) in [6.45, 7) is 2.61. The Morgan fingerprint density at radius 3 is 1.91 bits per heavy atom. The van der Waals surface area contributed by atoms with Crippen LogP contribution in [0.25, 0.3) is 0 Å². The normalized spacial score (nSPS) is 13.4. The largest absolute Gasteiger partial charge is 0.550 e. The fraction of sp³-hybridized carbons (Fsp3) is 0.704. The summed E-state index contributed by atoms with van der Waals surface area (Å²) in [6.07, 6.45) is 25.0. The zero-order valence-corrected chi connectivity index (χ0v) is 21.0. The Kier molecular flexibility index (Phi) is 18.6. The van der Waals surface area contributed by atoms with Crippen LogP contribution < -0.4 is 5.11 Å². The molecule has 0 N–H and O–H groups in total. The molecule has 0 bridgehead atoms. The van der Waals surface area contributed by atoms with Crippen molar-refractivity contribution >= 4 is 11.9 Å². The summed E-state index contributed by atoms with van der Waals surface area (Å²) in [5, 5.41) is 10.9. The summed E-state index contributed by atoms with van der Waals surface area (Å²) < 4.78 is 5.91. The molecule has 5 nitrogen and oxygen atoms in total. The van der Waals surface area contributed by atoms with Gasteiger partial charge in [0.05, 0.1) is 21.1 Å². The van der Waals surface area contributed by atoms with E-state index in [0.717, 1.165) is 44.9 Å². The monoisotopic (exact) mass is 449 g/mol. The molecule has 0 fully saturated rings. The van der Waals surface area contributed by atoms with Gasteiger partial charge in [0.15, 0.2) is 6.10 Å². The van der Waals surface area contributed by atoms with Crippen LogP contribution in [-0.4, -0.2) is 50.2 Å². The molecule has 0 aliphatic rings. The highest BCUT2D eigenvalue weighted by Gasteiger charge is 2.22. The van der Waals surface area contributed by atoms with Gasteiger partial charge in [0.1, 0.15) is 6.54 Å². The molecule has 0 aromatic rings. The molecule has 0 aromatic heterocycles. The van der Waals surface area contributed by atoms with Crippen LogP contribution in [-0.2, 0) is 14.3 Å². The molecule has 0 rings (SSSR count). The van der Waals surface area contributed by atoms with E-state index in [-0.39, 0.29) is 12.4 Å². The Hall–Kier alpha value is -1.88. The number of carboxylic acid groups (broad SMARTS) is 1. The van der Waals surface area contributed by atoms with E-state index in [2.05, 4.69) is 43.4 Å². The standard InChI is InChI=1S/C27H47NO4/c1-5-6-7-8-9-10-11-12-13-14-15-16-17-18-19-20-21-22-27(31)32-25(23-26(29)30)24-28(2,3)4/h6-7,9-10,12-13,25H,5,8,11,14-24H2,1-4H3/b7-6+,10-9+,13-12-. The van der Waals surface area contributed by atoms with Crippen LogP contribution in [0.1, 0.15) is 90.4 Å². The van der Waals surface area contributed by atoms with Crippen molar-refractivity contribution in [1.29, 1.82) is 0 Å². The number of carbonyl (C=O) groups excluding carboxylic acids is 2. The molecule has 32 heavy (non-hydrogen) atoms. The first-order valence-corrected chi connectivity index (χ1v) is 12.4. The maximum atomic E-state index is 12.0. The van der Waals surface area contributed by atoms with E-state index in [1.54, 1.807) is 0 Å². The summed E-state index contributed by atoms with van der Waals surface area (Å²) in [5.41, 5.74) is 0. The van der Waals surface area contributed by atoms with Gasteiger partial charge in [-0.2, -0.15) is 0 Å². The lowest BCUT2D eigenvalue weighted by atomic mass is 10.1. The van der Waals surface area contributed by atoms with Gasteiger partial charge < -0.3 is 19.1 Å². The molecule has 0 saturated carbocycles. The van der Waals surface area contributed by atoms with Crippen molar-refractivity contribution in [2.45, 2.75) is 96.5 Å². The molecule has 0 spiro atoms. The molecule has 0 aromatic carbocycles. The third-order valence-electron chi connectivity index (χ3n) is 4.98. The second kappa shape index (κ2) is 19.8. The lowest BCUT2D eigenvalue weighted by molar-refractivity contribution is -0.873. The first kappa shape index (κ1) is 30.1. The van der Waals surface area contributed by atoms with Gasteiger partial charge in [0.25, 0.3) is 0 Å². The number of likely N-dealkylation sites (N-methyl/N-ethyl adjacent to an activating group) is 1. The molecule has 0 radical (unpaired) electrons. The summed E-state index contributed by atoms with van der Waals surface area (Å²) in [6, 6.07) is 0. The van der Waals surface area contributed by atoms with Crippen LogP contribution in [0.2, 0.25) is 0 Å². The van der Waals surface area contributed by atoms with Gasteiger partial charge in [0.2, 0.25) is 0 Å². The fourth-order valence-corrected chi connectivity index (χ4v) is 3.43. The number of allylic oxidation sites excluding steroid dienone is 6. The number of hydrogen-bond acceptors (Lipinski definition) is 4. The van der Waals surface area contributed by atoms with Gasteiger partial charge in [-0.05, 0) is 38.5 Å². The summed E-state index contributed by atoms with van der Waals surface area (Å²) in [4.78, 5) is 22.9. The molecular formula is C27H47NO4. The van der Waals surface area contributed by atoms with E-state index in [0.29, 0.717) is 17.4 Å². The summed E-state index contributed by atoms with van der Waals surface area (Å²) in [7, 11) is 5.83. The number of ether oxygens (including phenoxy) is 1. The number of quaternary nitrogens is 1. The predicted octanol–water partition coefficient (Wildman–Crippen LogP) is 5.11. The Balaban J connectivity index is 3.66. The molecular weight excluding hydrogens is 402 g/mol. The van der Waals surface area contributed by atoms with Gasteiger partial charge in [-0.3, -0.25) is 4.79 Å². The SMILES string of the molecule is CC/C=C/C/C=C/C/C=C\CCCCCCCCCC(=O)OC(CC(=O)[O-])C[N+](C)(C)C. The number of nitrogens with zero attached hydrogens (tertiary/aromatic N) is 1. The van der Waals surface area contributed by atoms with E-state index < -0.39 is 12.1 Å². The Morgan fingerprint density at radius 1 is 0.812 bits per heavy atom. The predicted molar refractivity (Wildman–Crippen MR) is 131 cm³/mol. The molecule has 0 heterocycles. The Bertz CT molecular complexity index is 573. The van der Waals surface area contributed by atoms with Crippen molar-refractivity contribution in [1.82, 2.24) is 0 Å². The molecule has 1 unspecified atom stereocenters. The molecule has 1 atom stereocenters. The average molecular weight is 450 g/mol. The van der Waals surface area contributed by atoms with Crippen LogP contribution in [0.3, 0.4) is 0 Å². The Morgan fingerprint density at radius 2 is 1.34 bits per heavy atom. The summed E-state index contributed by atoms with van der Waals surface area (Å²) >= 11 is 0. The molecule has 0 amide bonds. The van der Waals surface area contributed by atoms with Gasteiger partial charge in [-0.25, -0.2) is 0 Å².